The molecule has 3 heteroatoms. The highest BCUT2D eigenvalue weighted by molar-refractivity contribution is 6.09. The second-order valence-corrected chi connectivity index (χ2v) is 7.48. The predicted molar refractivity (Wildman–Crippen MR) is 126 cm³/mol. The molecule has 0 amide bonds. The standard InChI is InChI=1S/C28H21N2O/c1-18-10-13-22-23-14-15-24(21-12-11-19-7-3-4-8-20(19)17-21)29-28(23)31-27(22)26(18)25-9-5-6-16-30(25)2/h3-17H,1-2H3/q+1/i3D,4D,7D,8D,11D,12D,17D. The highest BCUT2D eigenvalue weighted by Gasteiger charge is 2.20. The highest BCUT2D eigenvalue weighted by atomic mass is 16.3. The van der Waals surface area contributed by atoms with E-state index < -0.39 is 24.2 Å². The molecule has 148 valence electrons. The van der Waals surface area contributed by atoms with E-state index in [0.717, 1.165) is 27.6 Å². The number of pyridine rings is 2. The van der Waals surface area contributed by atoms with E-state index in [-0.39, 0.29) is 40.2 Å². The second-order valence-electron chi connectivity index (χ2n) is 7.48. The number of aryl methyl sites for hydroxylation is 2. The summed E-state index contributed by atoms with van der Waals surface area (Å²) in [6.07, 6.45) is 1.96. The van der Waals surface area contributed by atoms with Crippen LogP contribution in [0.2, 0.25) is 0 Å². The molecule has 0 aliphatic carbocycles. The van der Waals surface area contributed by atoms with Crippen LogP contribution in [0.4, 0.5) is 0 Å². The lowest BCUT2D eigenvalue weighted by Gasteiger charge is -2.04. The molecule has 0 aliphatic heterocycles. The fraction of sp³-hybridized carbons (Fsp3) is 0.0714. The van der Waals surface area contributed by atoms with Crippen LogP contribution in [0.1, 0.15) is 15.2 Å². The number of aromatic nitrogens is 2. The fourth-order valence-electron chi connectivity index (χ4n) is 3.97. The zero-order valence-corrected chi connectivity index (χ0v) is 16.9. The van der Waals surface area contributed by atoms with Crippen LogP contribution in [0.5, 0.6) is 0 Å². The molecule has 0 saturated carbocycles. The van der Waals surface area contributed by atoms with Crippen LogP contribution in [0.25, 0.3) is 55.4 Å². The largest absolute Gasteiger partial charge is 0.437 e. The van der Waals surface area contributed by atoms with Gasteiger partial charge in [-0.1, -0.05) is 48.4 Å². The van der Waals surface area contributed by atoms with Crippen LogP contribution in [0, 0.1) is 6.92 Å². The summed E-state index contributed by atoms with van der Waals surface area (Å²) in [4.78, 5) is 4.64. The first-order chi connectivity index (χ1) is 18.1. The molecule has 0 bridgehead atoms. The van der Waals surface area contributed by atoms with Gasteiger partial charge in [-0.15, -0.1) is 0 Å². The quantitative estimate of drug-likeness (QED) is 0.302. The topological polar surface area (TPSA) is 29.9 Å². The Hall–Kier alpha value is -3.98. The van der Waals surface area contributed by atoms with Gasteiger partial charge in [-0.2, -0.15) is 0 Å². The monoisotopic (exact) mass is 408 g/mol. The number of rotatable bonds is 2. The first-order valence-corrected chi connectivity index (χ1v) is 9.89. The van der Waals surface area contributed by atoms with Crippen molar-refractivity contribution in [3.05, 3.63) is 96.5 Å². The molecule has 3 aromatic carbocycles. The van der Waals surface area contributed by atoms with Gasteiger partial charge in [-0.3, -0.25) is 0 Å². The first-order valence-electron chi connectivity index (χ1n) is 13.4. The van der Waals surface area contributed by atoms with Crippen LogP contribution in [0.3, 0.4) is 0 Å². The summed E-state index contributed by atoms with van der Waals surface area (Å²) in [7, 11) is 1.96. The average molecular weight is 409 g/mol. The minimum atomic E-state index is -0.498. The lowest BCUT2D eigenvalue weighted by molar-refractivity contribution is -0.660. The molecule has 0 radical (unpaired) electrons. The average Bonchev–Trinajstić information content (AvgIpc) is 3.26. The molecule has 0 N–H and O–H groups in total. The van der Waals surface area contributed by atoms with Gasteiger partial charge in [0.1, 0.15) is 7.05 Å². The van der Waals surface area contributed by atoms with E-state index in [1.54, 1.807) is 12.1 Å². The third-order valence-corrected chi connectivity index (χ3v) is 5.53. The van der Waals surface area contributed by atoms with Crippen molar-refractivity contribution < 1.29 is 18.6 Å². The number of nitrogens with zero attached hydrogens (tertiary/aromatic N) is 2. The van der Waals surface area contributed by atoms with E-state index in [0.29, 0.717) is 11.3 Å². The maximum atomic E-state index is 8.81. The Morgan fingerprint density at radius 1 is 0.903 bits per heavy atom. The molecule has 3 heterocycles. The zero-order valence-electron chi connectivity index (χ0n) is 23.9. The van der Waals surface area contributed by atoms with Crippen LogP contribution in [-0.2, 0) is 7.05 Å². The van der Waals surface area contributed by atoms with Gasteiger partial charge >= 0.3 is 0 Å². The molecule has 6 rings (SSSR count). The Labute approximate surface area is 190 Å². The van der Waals surface area contributed by atoms with Gasteiger partial charge in [0.05, 0.1) is 20.9 Å². The molecule has 3 nitrogen and oxygen atoms in total. The highest BCUT2D eigenvalue weighted by Crippen LogP contribution is 2.37. The predicted octanol–water partition coefficient (Wildman–Crippen LogP) is 6.60. The molecule has 0 aliphatic rings. The molecule has 0 spiro atoms. The maximum absolute atomic E-state index is 8.81. The molecule has 0 unspecified atom stereocenters. The van der Waals surface area contributed by atoms with E-state index >= 15 is 0 Å². The molecule has 6 aromatic rings. The normalized spacial score (nSPS) is 14.7. The Balaban J connectivity index is 1.65. The fourth-order valence-corrected chi connectivity index (χ4v) is 3.97. The van der Waals surface area contributed by atoms with Crippen molar-refractivity contribution in [2.45, 2.75) is 6.92 Å². The Morgan fingerprint density at radius 3 is 2.61 bits per heavy atom. The molecule has 0 saturated heterocycles. The van der Waals surface area contributed by atoms with Gasteiger partial charge in [0.15, 0.2) is 11.8 Å². The second kappa shape index (κ2) is 6.78. The van der Waals surface area contributed by atoms with Crippen molar-refractivity contribution in [3.8, 4) is 22.5 Å². The third kappa shape index (κ3) is 2.82. The van der Waals surface area contributed by atoms with Crippen molar-refractivity contribution in [2.75, 3.05) is 0 Å². The number of hydrogen-bond acceptors (Lipinski definition) is 2. The SMILES string of the molecule is [2H]c1c([2H])c([2H])c2c([2H])c(-c3ccc4c(n3)oc3c(-c5cccc[n+]5C)c(C)ccc34)c([2H])c([2H])c2c1[2H]. The Bertz CT molecular complexity index is 1980. The van der Waals surface area contributed by atoms with Crippen molar-refractivity contribution >= 4 is 32.8 Å². The summed E-state index contributed by atoms with van der Waals surface area (Å²) >= 11 is 0. The smallest absolute Gasteiger partial charge is 0.227 e. The van der Waals surface area contributed by atoms with E-state index in [1.807, 2.05) is 55.1 Å². The first kappa shape index (κ1) is 12.0. The molecule has 31 heavy (non-hydrogen) atoms. The van der Waals surface area contributed by atoms with Crippen LogP contribution >= 0.6 is 0 Å². The zero-order chi connectivity index (χ0) is 27.0. The lowest BCUT2D eigenvalue weighted by atomic mass is 10.0. The summed E-state index contributed by atoms with van der Waals surface area (Å²) in [6, 6.07) is 10.6. The van der Waals surface area contributed by atoms with Crippen LogP contribution in [0.15, 0.2) is 95.4 Å². The summed E-state index contributed by atoms with van der Waals surface area (Å²) in [5.74, 6) is 0. The van der Waals surface area contributed by atoms with Crippen molar-refractivity contribution in [3.63, 3.8) is 0 Å². The maximum Gasteiger partial charge on any atom is 0.227 e. The van der Waals surface area contributed by atoms with Crippen LogP contribution < -0.4 is 4.57 Å². The molecule has 3 aromatic heterocycles. The van der Waals surface area contributed by atoms with Crippen LogP contribution in [-0.4, -0.2) is 4.98 Å². The third-order valence-electron chi connectivity index (χ3n) is 5.53. The Morgan fingerprint density at radius 2 is 1.74 bits per heavy atom. The van der Waals surface area contributed by atoms with E-state index in [2.05, 4.69) is 4.98 Å². The minimum absolute atomic E-state index is 0.0146. The van der Waals surface area contributed by atoms with Gasteiger partial charge in [0.25, 0.3) is 0 Å². The summed E-state index contributed by atoms with van der Waals surface area (Å²) in [5.41, 5.74) is 4.14. The van der Waals surface area contributed by atoms with Crippen molar-refractivity contribution in [1.29, 1.82) is 0 Å². The number of furan rings is 1. The van der Waals surface area contributed by atoms with Gasteiger partial charge in [0, 0.05) is 28.5 Å². The number of benzene rings is 3. The number of fused-ring (bicyclic) bond motifs is 4. The molecular formula is C28H21N2O+. The van der Waals surface area contributed by atoms with E-state index in [4.69, 9.17) is 14.0 Å². The molecular weight excluding hydrogens is 380 g/mol. The Kier molecular flexibility index (Phi) is 2.63. The summed E-state index contributed by atoms with van der Waals surface area (Å²) in [5, 5.41) is 1.38. The van der Waals surface area contributed by atoms with Crippen molar-refractivity contribution in [2.24, 2.45) is 7.05 Å². The lowest BCUT2D eigenvalue weighted by Crippen LogP contribution is -2.30. The molecule has 0 fully saturated rings. The molecule has 0 atom stereocenters. The van der Waals surface area contributed by atoms with Gasteiger partial charge in [-0.05, 0) is 47.5 Å². The van der Waals surface area contributed by atoms with Gasteiger partial charge in [0.2, 0.25) is 11.4 Å². The van der Waals surface area contributed by atoms with Crippen molar-refractivity contribution in [1.82, 2.24) is 4.98 Å². The van der Waals surface area contributed by atoms with E-state index in [1.165, 1.54) is 0 Å². The summed E-state index contributed by atoms with van der Waals surface area (Å²) in [6.45, 7) is 2.01. The van der Waals surface area contributed by atoms with Gasteiger partial charge < -0.3 is 4.42 Å². The summed E-state index contributed by atoms with van der Waals surface area (Å²) < 4.78 is 66.8. The van der Waals surface area contributed by atoms with Gasteiger partial charge in [-0.25, -0.2) is 9.55 Å². The minimum Gasteiger partial charge on any atom is -0.437 e. The number of hydrogen-bond donors (Lipinski definition) is 0. The van der Waals surface area contributed by atoms with E-state index in [9.17, 15) is 0 Å².